The van der Waals surface area contributed by atoms with Gasteiger partial charge in [0.05, 0.1) is 0 Å². The lowest BCUT2D eigenvalue weighted by Crippen LogP contribution is -2.32. The number of hydrogen-bond acceptors (Lipinski definition) is 2. The molecule has 2 aliphatic rings. The van der Waals surface area contributed by atoms with Gasteiger partial charge in [-0.3, -0.25) is 9.59 Å². The average molecular weight is 166 g/mol. The number of fused-ring (bicyclic) bond motifs is 2. The third-order valence-electron chi connectivity index (χ3n) is 4.21. The fourth-order valence-corrected chi connectivity index (χ4v) is 2.72. The highest BCUT2D eigenvalue weighted by molar-refractivity contribution is 6.04. The van der Waals surface area contributed by atoms with Crippen molar-refractivity contribution in [1.29, 1.82) is 0 Å². The summed E-state index contributed by atoms with van der Waals surface area (Å²) in [4.78, 5) is 23.0. The molecule has 66 valence electrons. The molecular weight excluding hydrogens is 152 g/mol. The molecule has 2 rings (SSSR count). The molecular formula is C10H14O2. The van der Waals surface area contributed by atoms with Crippen molar-refractivity contribution in [2.45, 2.75) is 33.6 Å². The molecule has 0 unspecified atom stereocenters. The van der Waals surface area contributed by atoms with Gasteiger partial charge in [0.15, 0.2) is 0 Å². The molecule has 2 heteroatoms. The number of Topliss-reactive ketones (excluding diaryl/α,β-unsaturated/α-hetero) is 2. The minimum atomic E-state index is -0.352. The van der Waals surface area contributed by atoms with Crippen LogP contribution in [-0.4, -0.2) is 11.6 Å². The van der Waals surface area contributed by atoms with Crippen LogP contribution in [0.4, 0.5) is 0 Å². The molecule has 2 atom stereocenters. The molecule has 2 nitrogen and oxygen atoms in total. The molecule has 0 aromatic heterocycles. The van der Waals surface area contributed by atoms with Gasteiger partial charge in [-0.2, -0.15) is 0 Å². The Morgan fingerprint density at radius 1 is 1.25 bits per heavy atom. The number of hydrogen-bond donors (Lipinski definition) is 0. The van der Waals surface area contributed by atoms with Gasteiger partial charge in [0.1, 0.15) is 11.6 Å². The Balaban J connectivity index is 2.54. The van der Waals surface area contributed by atoms with Gasteiger partial charge < -0.3 is 0 Å². The molecule has 0 spiro atoms. The third kappa shape index (κ3) is 0.584. The first-order valence-corrected chi connectivity index (χ1v) is 4.45. The molecule has 0 amide bonds. The van der Waals surface area contributed by atoms with Gasteiger partial charge >= 0.3 is 0 Å². The highest BCUT2D eigenvalue weighted by Crippen LogP contribution is 2.61. The summed E-state index contributed by atoms with van der Waals surface area (Å²) in [7, 11) is 0. The Hall–Kier alpha value is -0.660. The van der Waals surface area contributed by atoms with E-state index in [0.29, 0.717) is 18.6 Å². The summed E-state index contributed by atoms with van der Waals surface area (Å²) in [6, 6.07) is 0. The lowest BCUT2D eigenvalue weighted by atomic mass is 9.70. The van der Waals surface area contributed by atoms with Crippen molar-refractivity contribution in [3.05, 3.63) is 0 Å². The number of carbonyl (C=O) groups excluding carboxylic acids is 2. The minimum Gasteiger partial charge on any atom is -0.299 e. The van der Waals surface area contributed by atoms with Crippen LogP contribution >= 0.6 is 0 Å². The van der Waals surface area contributed by atoms with E-state index in [9.17, 15) is 9.59 Å². The SMILES string of the molecule is CC1(C)[C@H]2CC(=O)[C@@]1(C)CC2=O. The largest absolute Gasteiger partial charge is 0.299 e. The first-order chi connectivity index (χ1) is 5.39. The van der Waals surface area contributed by atoms with Crippen molar-refractivity contribution < 1.29 is 9.59 Å². The average Bonchev–Trinajstić information content (AvgIpc) is 2.18. The molecule has 0 saturated heterocycles. The molecule has 0 aromatic carbocycles. The van der Waals surface area contributed by atoms with E-state index in [4.69, 9.17) is 0 Å². The molecule has 2 bridgehead atoms. The predicted molar refractivity (Wildman–Crippen MR) is 44.6 cm³/mol. The Kier molecular flexibility index (Phi) is 1.20. The summed E-state index contributed by atoms with van der Waals surface area (Å²) in [6.45, 7) is 6.04. The maximum atomic E-state index is 11.6. The predicted octanol–water partition coefficient (Wildman–Crippen LogP) is 1.58. The highest BCUT2D eigenvalue weighted by Gasteiger charge is 2.65. The molecule has 2 fully saturated rings. The van der Waals surface area contributed by atoms with Crippen molar-refractivity contribution in [2.75, 3.05) is 0 Å². The molecule has 0 aliphatic heterocycles. The van der Waals surface area contributed by atoms with Crippen molar-refractivity contribution in [3.63, 3.8) is 0 Å². The van der Waals surface area contributed by atoms with Gasteiger partial charge in [0.2, 0.25) is 0 Å². The summed E-state index contributed by atoms with van der Waals surface area (Å²) in [5.41, 5.74) is -0.448. The van der Waals surface area contributed by atoms with E-state index in [0.717, 1.165) is 0 Å². The zero-order chi connectivity index (χ0) is 9.15. The van der Waals surface area contributed by atoms with Gasteiger partial charge in [-0.05, 0) is 5.41 Å². The van der Waals surface area contributed by atoms with E-state index in [1.165, 1.54) is 0 Å². The van der Waals surface area contributed by atoms with Crippen LogP contribution in [0.5, 0.6) is 0 Å². The van der Waals surface area contributed by atoms with E-state index < -0.39 is 0 Å². The van der Waals surface area contributed by atoms with Gasteiger partial charge in [0, 0.05) is 24.2 Å². The molecule has 2 aliphatic carbocycles. The van der Waals surface area contributed by atoms with Crippen LogP contribution in [0, 0.1) is 16.7 Å². The molecule has 0 radical (unpaired) electrons. The summed E-state index contributed by atoms with van der Waals surface area (Å²) in [5.74, 6) is 0.592. The van der Waals surface area contributed by atoms with Gasteiger partial charge in [-0.15, -0.1) is 0 Å². The normalized spacial score (nSPS) is 44.1. The zero-order valence-electron chi connectivity index (χ0n) is 7.81. The van der Waals surface area contributed by atoms with Crippen LogP contribution < -0.4 is 0 Å². The fraction of sp³-hybridized carbons (Fsp3) is 0.800. The second kappa shape index (κ2) is 1.81. The maximum absolute atomic E-state index is 11.6. The van der Waals surface area contributed by atoms with E-state index in [1.807, 2.05) is 20.8 Å². The highest BCUT2D eigenvalue weighted by atomic mass is 16.1. The van der Waals surface area contributed by atoms with E-state index in [-0.39, 0.29) is 22.5 Å². The first kappa shape index (κ1) is 7.96. The van der Waals surface area contributed by atoms with Gasteiger partial charge in [-0.1, -0.05) is 20.8 Å². The number of rotatable bonds is 0. The van der Waals surface area contributed by atoms with Crippen LogP contribution in [0.1, 0.15) is 33.6 Å². The topological polar surface area (TPSA) is 34.1 Å². The van der Waals surface area contributed by atoms with Crippen molar-refractivity contribution in [1.82, 2.24) is 0 Å². The maximum Gasteiger partial charge on any atom is 0.140 e. The van der Waals surface area contributed by atoms with Crippen molar-refractivity contribution >= 4 is 11.6 Å². The fourth-order valence-electron chi connectivity index (χ4n) is 2.72. The van der Waals surface area contributed by atoms with Crippen LogP contribution in [0.15, 0.2) is 0 Å². The van der Waals surface area contributed by atoms with E-state index >= 15 is 0 Å². The molecule has 0 N–H and O–H groups in total. The zero-order valence-corrected chi connectivity index (χ0v) is 7.81. The Bertz CT molecular complexity index is 278. The van der Waals surface area contributed by atoms with Crippen LogP contribution in [0.3, 0.4) is 0 Å². The standard InChI is InChI=1S/C10H14O2/c1-9(2)6-4-8(12)10(9,3)5-7(6)11/h6H,4-5H2,1-3H3/t6-,10+/m0/s1. The molecule has 0 aromatic rings. The van der Waals surface area contributed by atoms with Crippen LogP contribution in [0.25, 0.3) is 0 Å². The second-order valence-electron chi connectivity index (χ2n) is 4.88. The molecule has 2 saturated carbocycles. The van der Waals surface area contributed by atoms with Crippen molar-refractivity contribution in [2.24, 2.45) is 16.7 Å². The van der Waals surface area contributed by atoms with Gasteiger partial charge in [0.25, 0.3) is 0 Å². The minimum absolute atomic E-state index is 0.00926. The van der Waals surface area contributed by atoms with Gasteiger partial charge in [-0.25, -0.2) is 0 Å². The van der Waals surface area contributed by atoms with Crippen LogP contribution in [-0.2, 0) is 9.59 Å². The molecule has 12 heavy (non-hydrogen) atoms. The Morgan fingerprint density at radius 3 is 2.08 bits per heavy atom. The lowest BCUT2D eigenvalue weighted by Gasteiger charge is -2.31. The molecule has 0 heterocycles. The second-order valence-corrected chi connectivity index (χ2v) is 4.88. The number of ketones is 2. The summed E-state index contributed by atoms with van der Waals surface area (Å²) < 4.78 is 0. The monoisotopic (exact) mass is 166 g/mol. The smallest absolute Gasteiger partial charge is 0.140 e. The summed E-state index contributed by atoms with van der Waals surface area (Å²) in [6.07, 6.45) is 0.964. The quantitative estimate of drug-likeness (QED) is 0.547. The van der Waals surface area contributed by atoms with Crippen LogP contribution in [0.2, 0.25) is 0 Å². The number of carbonyl (C=O) groups is 2. The van der Waals surface area contributed by atoms with Crippen molar-refractivity contribution in [3.8, 4) is 0 Å². The van der Waals surface area contributed by atoms with E-state index in [2.05, 4.69) is 0 Å². The summed E-state index contributed by atoms with van der Waals surface area (Å²) in [5, 5.41) is 0. The lowest BCUT2D eigenvalue weighted by molar-refractivity contribution is -0.133. The van der Waals surface area contributed by atoms with E-state index in [1.54, 1.807) is 0 Å². The summed E-state index contributed by atoms with van der Waals surface area (Å²) >= 11 is 0. The Labute approximate surface area is 72.3 Å². The third-order valence-corrected chi connectivity index (χ3v) is 4.21. The first-order valence-electron chi connectivity index (χ1n) is 4.45. The Morgan fingerprint density at radius 2 is 1.83 bits per heavy atom.